The van der Waals surface area contributed by atoms with Crippen molar-refractivity contribution in [2.24, 2.45) is 0 Å². The fourth-order valence-corrected chi connectivity index (χ4v) is 2.23. The quantitative estimate of drug-likeness (QED) is 0.785. The second-order valence-electron chi connectivity index (χ2n) is 3.64. The first kappa shape index (κ1) is 10.1. The van der Waals surface area contributed by atoms with Crippen molar-refractivity contribution in [1.29, 1.82) is 0 Å². The van der Waals surface area contributed by atoms with Crippen molar-refractivity contribution in [2.45, 2.75) is 0 Å². The third-order valence-corrected chi connectivity index (χ3v) is 3.24. The Morgan fingerprint density at radius 2 is 2.00 bits per heavy atom. The predicted molar refractivity (Wildman–Crippen MR) is 68.5 cm³/mol. The Labute approximate surface area is 94.0 Å². The number of benzene rings is 1. The van der Waals surface area contributed by atoms with Crippen LogP contribution >= 0.6 is 11.3 Å². The molecule has 0 fully saturated rings. The molecule has 0 bridgehead atoms. The van der Waals surface area contributed by atoms with Crippen molar-refractivity contribution in [1.82, 2.24) is 0 Å². The topological polar surface area (TPSA) is 29.3 Å². The molecule has 2 aromatic rings. The van der Waals surface area contributed by atoms with E-state index in [2.05, 4.69) is 22.4 Å². The van der Waals surface area contributed by atoms with Gasteiger partial charge in [0.25, 0.3) is 0 Å². The minimum Gasteiger partial charge on any atom is -0.398 e. The van der Waals surface area contributed by atoms with Crippen LogP contribution in [0.5, 0.6) is 0 Å². The molecule has 0 radical (unpaired) electrons. The summed E-state index contributed by atoms with van der Waals surface area (Å²) in [5.41, 5.74) is 9.10. The van der Waals surface area contributed by atoms with Crippen LogP contribution in [0, 0.1) is 0 Å². The van der Waals surface area contributed by atoms with Gasteiger partial charge in [0, 0.05) is 35.9 Å². The zero-order valence-electron chi connectivity index (χ0n) is 8.90. The van der Waals surface area contributed by atoms with Crippen molar-refractivity contribution in [3.05, 3.63) is 35.7 Å². The van der Waals surface area contributed by atoms with E-state index in [1.807, 2.05) is 32.3 Å². The molecule has 2 N–H and O–H groups in total. The van der Waals surface area contributed by atoms with Crippen LogP contribution in [0.15, 0.2) is 35.7 Å². The molecule has 0 saturated carbocycles. The minimum absolute atomic E-state index is 0.836. The maximum Gasteiger partial charge on any atom is 0.0403 e. The van der Waals surface area contributed by atoms with Gasteiger partial charge >= 0.3 is 0 Å². The minimum atomic E-state index is 0.836. The smallest absolute Gasteiger partial charge is 0.0403 e. The van der Waals surface area contributed by atoms with Gasteiger partial charge in [-0.05, 0) is 29.6 Å². The molecule has 0 amide bonds. The Morgan fingerprint density at radius 3 is 2.60 bits per heavy atom. The Bertz CT molecular complexity index is 447. The van der Waals surface area contributed by atoms with E-state index >= 15 is 0 Å². The molecule has 0 aliphatic rings. The molecule has 3 heteroatoms. The van der Waals surface area contributed by atoms with Crippen molar-refractivity contribution in [3.8, 4) is 10.4 Å². The van der Waals surface area contributed by atoms with Gasteiger partial charge in [-0.25, -0.2) is 0 Å². The van der Waals surface area contributed by atoms with Gasteiger partial charge < -0.3 is 10.6 Å². The summed E-state index contributed by atoms with van der Waals surface area (Å²) in [4.78, 5) is 3.30. The number of anilines is 2. The summed E-state index contributed by atoms with van der Waals surface area (Å²) < 4.78 is 0. The third kappa shape index (κ3) is 1.97. The molecule has 1 aromatic carbocycles. The summed E-state index contributed by atoms with van der Waals surface area (Å²) in [6, 6.07) is 10.3. The lowest BCUT2D eigenvalue weighted by atomic mass is 10.1. The van der Waals surface area contributed by atoms with Crippen molar-refractivity contribution < 1.29 is 0 Å². The van der Waals surface area contributed by atoms with Crippen LogP contribution in [-0.2, 0) is 0 Å². The maximum absolute atomic E-state index is 5.97. The van der Waals surface area contributed by atoms with Crippen LogP contribution in [0.3, 0.4) is 0 Å². The van der Waals surface area contributed by atoms with Gasteiger partial charge in [0.15, 0.2) is 0 Å². The fraction of sp³-hybridized carbons (Fsp3) is 0.167. The van der Waals surface area contributed by atoms with Crippen LogP contribution < -0.4 is 10.6 Å². The molecular formula is C12H14N2S. The van der Waals surface area contributed by atoms with Crippen LogP contribution in [0.2, 0.25) is 0 Å². The SMILES string of the molecule is CN(C)c1ccc(N)c(-c2cccs2)c1. The Hall–Kier alpha value is -1.48. The lowest BCUT2D eigenvalue weighted by molar-refractivity contribution is 1.13. The molecular weight excluding hydrogens is 204 g/mol. The first-order valence-electron chi connectivity index (χ1n) is 4.79. The maximum atomic E-state index is 5.97. The van der Waals surface area contributed by atoms with Gasteiger partial charge in [-0.3, -0.25) is 0 Å². The summed E-state index contributed by atoms with van der Waals surface area (Å²) >= 11 is 1.71. The van der Waals surface area contributed by atoms with E-state index in [0.29, 0.717) is 0 Å². The summed E-state index contributed by atoms with van der Waals surface area (Å²) in [6.07, 6.45) is 0. The first-order chi connectivity index (χ1) is 7.18. The molecule has 2 nitrogen and oxygen atoms in total. The number of nitrogen functional groups attached to an aromatic ring is 1. The summed E-state index contributed by atoms with van der Waals surface area (Å²) in [5.74, 6) is 0. The van der Waals surface area contributed by atoms with Gasteiger partial charge in [-0.15, -0.1) is 11.3 Å². The fourth-order valence-electron chi connectivity index (χ4n) is 1.47. The van der Waals surface area contributed by atoms with E-state index in [1.54, 1.807) is 11.3 Å². The Kier molecular flexibility index (Phi) is 2.64. The third-order valence-electron chi connectivity index (χ3n) is 2.34. The standard InChI is InChI=1S/C12H14N2S/c1-14(2)9-5-6-11(13)10(8-9)12-4-3-7-15-12/h3-8H,13H2,1-2H3. The Morgan fingerprint density at radius 1 is 1.20 bits per heavy atom. The van der Waals surface area contributed by atoms with Gasteiger partial charge in [-0.1, -0.05) is 6.07 Å². The number of nitrogens with two attached hydrogens (primary N) is 1. The molecule has 0 aliphatic carbocycles. The van der Waals surface area contributed by atoms with Crippen LogP contribution in [-0.4, -0.2) is 14.1 Å². The van der Waals surface area contributed by atoms with Gasteiger partial charge in [0.05, 0.1) is 0 Å². The molecule has 2 rings (SSSR count). The molecule has 0 spiro atoms. The zero-order valence-corrected chi connectivity index (χ0v) is 9.71. The van der Waals surface area contributed by atoms with Gasteiger partial charge in [-0.2, -0.15) is 0 Å². The van der Waals surface area contributed by atoms with Gasteiger partial charge in [0.2, 0.25) is 0 Å². The second-order valence-corrected chi connectivity index (χ2v) is 4.59. The van der Waals surface area contributed by atoms with Gasteiger partial charge in [0.1, 0.15) is 0 Å². The number of thiophene rings is 1. The monoisotopic (exact) mass is 218 g/mol. The van der Waals surface area contributed by atoms with E-state index < -0.39 is 0 Å². The summed E-state index contributed by atoms with van der Waals surface area (Å²) in [6.45, 7) is 0. The normalized spacial score (nSPS) is 10.3. The van der Waals surface area contributed by atoms with E-state index in [-0.39, 0.29) is 0 Å². The van der Waals surface area contributed by atoms with Crippen LogP contribution in [0.1, 0.15) is 0 Å². The lowest BCUT2D eigenvalue weighted by Gasteiger charge is -2.14. The first-order valence-corrected chi connectivity index (χ1v) is 5.67. The molecule has 0 atom stereocenters. The molecule has 0 unspecified atom stereocenters. The van der Waals surface area contributed by atoms with Crippen molar-refractivity contribution in [3.63, 3.8) is 0 Å². The number of hydrogen-bond acceptors (Lipinski definition) is 3. The van der Waals surface area contributed by atoms with Crippen LogP contribution in [0.25, 0.3) is 10.4 Å². The highest BCUT2D eigenvalue weighted by Crippen LogP contribution is 2.32. The van der Waals surface area contributed by atoms with E-state index in [0.717, 1.165) is 11.3 Å². The summed E-state index contributed by atoms with van der Waals surface area (Å²) in [7, 11) is 4.06. The average molecular weight is 218 g/mol. The molecule has 78 valence electrons. The highest BCUT2D eigenvalue weighted by molar-refractivity contribution is 7.13. The number of hydrogen-bond donors (Lipinski definition) is 1. The van der Waals surface area contributed by atoms with Crippen LogP contribution in [0.4, 0.5) is 11.4 Å². The highest BCUT2D eigenvalue weighted by Gasteiger charge is 2.05. The largest absolute Gasteiger partial charge is 0.398 e. The van der Waals surface area contributed by atoms with E-state index in [4.69, 9.17) is 5.73 Å². The average Bonchev–Trinajstić information content (AvgIpc) is 2.71. The lowest BCUT2D eigenvalue weighted by Crippen LogP contribution is -2.08. The van der Waals surface area contributed by atoms with Crippen molar-refractivity contribution in [2.75, 3.05) is 24.7 Å². The Balaban J connectivity index is 2.51. The highest BCUT2D eigenvalue weighted by atomic mass is 32.1. The summed E-state index contributed by atoms with van der Waals surface area (Å²) in [5, 5.41) is 2.07. The molecule has 0 aliphatic heterocycles. The number of rotatable bonds is 2. The number of nitrogens with zero attached hydrogens (tertiary/aromatic N) is 1. The molecule has 0 saturated heterocycles. The molecule has 1 aromatic heterocycles. The molecule has 15 heavy (non-hydrogen) atoms. The van der Waals surface area contributed by atoms with E-state index in [9.17, 15) is 0 Å². The predicted octanol–water partition coefficient (Wildman–Crippen LogP) is 3.06. The second kappa shape index (κ2) is 3.95. The zero-order chi connectivity index (χ0) is 10.8. The van der Waals surface area contributed by atoms with E-state index in [1.165, 1.54) is 10.6 Å². The van der Waals surface area contributed by atoms with Crippen molar-refractivity contribution >= 4 is 22.7 Å². The molecule has 1 heterocycles.